The van der Waals surface area contributed by atoms with Crippen LogP contribution in [0.5, 0.6) is 0 Å². The van der Waals surface area contributed by atoms with Crippen molar-refractivity contribution in [1.82, 2.24) is 5.32 Å². The van der Waals surface area contributed by atoms with Crippen LogP contribution in [0.3, 0.4) is 0 Å². The Hall–Kier alpha value is -1.74. The van der Waals surface area contributed by atoms with Gasteiger partial charge < -0.3 is 5.32 Å². The molecule has 21 heavy (non-hydrogen) atoms. The maximum Gasteiger partial charge on any atom is 0.159 e. The van der Waals surface area contributed by atoms with Gasteiger partial charge in [-0.15, -0.1) is 0 Å². The normalized spacial score (nSPS) is 17.0. The number of fused-ring (bicyclic) bond motifs is 1. The highest BCUT2D eigenvalue weighted by Gasteiger charge is 2.24. The van der Waals surface area contributed by atoms with Crippen LogP contribution in [-0.4, -0.2) is 6.54 Å². The maximum absolute atomic E-state index is 13.5. The lowest BCUT2D eigenvalue weighted by Gasteiger charge is -2.14. The number of nitrogens with one attached hydrogen (secondary N) is 1. The zero-order chi connectivity index (χ0) is 14.8. The molecule has 0 radical (unpaired) electrons. The van der Waals surface area contributed by atoms with Gasteiger partial charge in [-0.05, 0) is 60.2 Å². The van der Waals surface area contributed by atoms with E-state index in [1.54, 1.807) is 6.07 Å². The molecule has 0 spiro atoms. The van der Waals surface area contributed by atoms with Gasteiger partial charge in [0.25, 0.3) is 0 Å². The van der Waals surface area contributed by atoms with E-state index < -0.39 is 11.6 Å². The van der Waals surface area contributed by atoms with Gasteiger partial charge in [-0.1, -0.05) is 31.2 Å². The smallest absolute Gasteiger partial charge is 0.159 e. The third-order valence-electron chi connectivity index (χ3n) is 4.14. The molecule has 3 heteroatoms. The molecule has 1 aliphatic carbocycles. The standard InChI is InChI=1S/C18H19F2N/c1-2-10-21-18-9-7-14-13(4-3-5-15(14)18)12-6-8-16(19)17(20)11-12/h3-6,8,11,18,21H,2,7,9-10H2,1H3. The van der Waals surface area contributed by atoms with E-state index >= 15 is 0 Å². The molecule has 110 valence electrons. The van der Waals surface area contributed by atoms with Crippen LogP contribution >= 0.6 is 0 Å². The molecule has 0 fully saturated rings. The summed E-state index contributed by atoms with van der Waals surface area (Å²) in [4.78, 5) is 0. The Morgan fingerprint density at radius 1 is 1.14 bits per heavy atom. The predicted octanol–water partition coefficient (Wildman–Crippen LogP) is 4.62. The van der Waals surface area contributed by atoms with E-state index in [-0.39, 0.29) is 0 Å². The van der Waals surface area contributed by atoms with Crippen LogP contribution in [0.2, 0.25) is 0 Å². The van der Waals surface area contributed by atoms with Gasteiger partial charge in [0.1, 0.15) is 0 Å². The Labute approximate surface area is 124 Å². The lowest BCUT2D eigenvalue weighted by molar-refractivity contribution is 0.509. The van der Waals surface area contributed by atoms with E-state index in [9.17, 15) is 8.78 Å². The Morgan fingerprint density at radius 3 is 2.76 bits per heavy atom. The van der Waals surface area contributed by atoms with E-state index in [1.807, 2.05) is 12.1 Å². The van der Waals surface area contributed by atoms with Crippen LogP contribution in [0, 0.1) is 11.6 Å². The molecule has 3 rings (SSSR count). The average Bonchev–Trinajstić information content (AvgIpc) is 2.91. The quantitative estimate of drug-likeness (QED) is 0.865. The fourth-order valence-corrected chi connectivity index (χ4v) is 3.12. The van der Waals surface area contributed by atoms with Gasteiger partial charge in [0.15, 0.2) is 11.6 Å². The summed E-state index contributed by atoms with van der Waals surface area (Å²) in [5, 5.41) is 3.55. The summed E-state index contributed by atoms with van der Waals surface area (Å²) >= 11 is 0. The molecule has 1 nitrogen and oxygen atoms in total. The number of hydrogen-bond donors (Lipinski definition) is 1. The molecule has 0 saturated heterocycles. The summed E-state index contributed by atoms with van der Waals surface area (Å²) in [6.45, 7) is 3.15. The van der Waals surface area contributed by atoms with Gasteiger partial charge in [-0.25, -0.2) is 8.78 Å². The van der Waals surface area contributed by atoms with E-state index in [2.05, 4.69) is 18.3 Å². The van der Waals surface area contributed by atoms with Crippen LogP contribution < -0.4 is 5.32 Å². The molecule has 0 amide bonds. The fourth-order valence-electron chi connectivity index (χ4n) is 3.12. The Bertz CT molecular complexity index is 652. The fraction of sp³-hybridized carbons (Fsp3) is 0.333. The Kier molecular flexibility index (Phi) is 4.02. The van der Waals surface area contributed by atoms with Crippen LogP contribution in [0.1, 0.15) is 36.9 Å². The molecule has 2 aromatic carbocycles. The Balaban J connectivity index is 1.98. The number of rotatable bonds is 4. The number of benzene rings is 2. The molecule has 1 aliphatic rings. The second-order valence-corrected chi connectivity index (χ2v) is 5.55. The second-order valence-electron chi connectivity index (χ2n) is 5.55. The highest BCUT2D eigenvalue weighted by atomic mass is 19.2. The van der Waals surface area contributed by atoms with Crippen LogP contribution in [0.15, 0.2) is 36.4 Å². The molecule has 0 bridgehead atoms. The van der Waals surface area contributed by atoms with Crippen molar-refractivity contribution >= 4 is 0 Å². The first kappa shape index (κ1) is 14.2. The van der Waals surface area contributed by atoms with Gasteiger partial charge in [0.05, 0.1) is 0 Å². The molecule has 1 unspecified atom stereocenters. The third-order valence-corrected chi connectivity index (χ3v) is 4.14. The van der Waals surface area contributed by atoms with E-state index in [1.165, 1.54) is 23.3 Å². The maximum atomic E-state index is 13.5. The minimum atomic E-state index is -0.797. The van der Waals surface area contributed by atoms with Gasteiger partial charge >= 0.3 is 0 Å². The number of halogens is 2. The first-order chi connectivity index (χ1) is 10.2. The summed E-state index contributed by atoms with van der Waals surface area (Å²) in [5.74, 6) is -1.59. The monoisotopic (exact) mass is 287 g/mol. The summed E-state index contributed by atoms with van der Waals surface area (Å²) in [6, 6.07) is 10.7. The summed E-state index contributed by atoms with van der Waals surface area (Å²) in [7, 11) is 0. The summed E-state index contributed by atoms with van der Waals surface area (Å²) in [6.07, 6.45) is 3.15. The van der Waals surface area contributed by atoms with Crippen molar-refractivity contribution in [2.45, 2.75) is 32.2 Å². The SMILES string of the molecule is CCCNC1CCc2c(-c3ccc(F)c(F)c3)cccc21. The van der Waals surface area contributed by atoms with E-state index in [4.69, 9.17) is 0 Å². The highest BCUT2D eigenvalue weighted by molar-refractivity contribution is 5.70. The largest absolute Gasteiger partial charge is 0.310 e. The first-order valence-corrected chi connectivity index (χ1v) is 7.51. The molecular formula is C18H19F2N. The second kappa shape index (κ2) is 5.94. The minimum absolute atomic E-state index is 0.380. The van der Waals surface area contributed by atoms with E-state index in [0.717, 1.165) is 36.9 Å². The molecule has 1 N–H and O–H groups in total. The predicted molar refractivity (Wildman–Crippen MR) is 81.1 cm³/mol. The van der Waals surface area contributed by atoms with Gasteiger partial charge in [0, 0.05) is 6.04 Å². The zero-order valence-electron chi connectivity index (χ0n) is 12.1. The van der Waals surface area contributed by atoms with Crippen molar-refractivity contribution in [2.75, 3.05) is 6.54 Å². The van der Waals surface area contributed by atoms with Crippen LogP contribution in [0.25, 0.3) is 11.1 Å². The van der Waals surface area contributed by atoms with Gasteiger partial charge in [-0.3, -0.25) is 0 Å². The van der Waals surface area contributed by atoms with Crippen LogP contribution in [0.4, 0.5) is 8.78 Å². The number of hydrogen-bond acceptors (Lipinski definition) is 1. The lowest BCUT2D eigenvalue weighted by atomic mass is 9.96. The molecule has 1 atom stereocenters. The van der Waals surface area contributed by atoms with Crippen molar-refractivity contribution in [3.8, 4) is 11.1 Å². The molecule has 0 heterocycles. The average molecular weight is 287 g/mol. The van der Waals surface area contributed by atoms with Crippen molar-refractivity contribution in [2.24, 2.45) is 0 Å². The molecule has 0 saturated carbocycles. The zero-order valence-corrected chi connectivity index (χ0v) is 12.1. The van der Waals surface area contributed by atoms with E-state index in [0.29, 0.717) is 6.04 Å². The van der Waals surface area contributed by atoms with Crippen LogP contribution in [-0.2, 0) is 6.42 Å². The molecular weight excluding hydrogens is 268 g/mol. The Morgan fingerprint density at radius 2 is 2.00 bits per heavy atom. The van der Waals surface area contributed by atoms with Crippen molar-refractivity contribution in [3.63, 3.8) is 0 Å². The molecule has 2 aromatic rings. The minimum Gasteiger partial charge on any atom is -0.310 e. The summed E-state index contributed by atoms with van der Waals surface area (Å²) in [5.41, 5.74) is 4.33. The van der Waals surface area contributed by atoms with Crippen molar-refractivity contribution < 1.29 is 8.78 Å². The lowest BCUT2D eigenvalue weighted by Crippen LogP contribution is -2.19. The molecule has 0 aromatic heterocycles. The molecule has 0 aliphatic heterocycles. The third kappa shape index (κ3) is 2.70. The first-order valence-electron chi connectivity index (χ1n) is 7.51. The van der Waals surface area contributed by atoms with Crippen molar-refractivity contribution in [1.29, 1.82) is 0 Å². The van der Waals surface area contributed by atoms with Crippen molar-refractivity contribution in [3.05, 3.63) is 59.2 Å². The highest BCUT2D eigenvalue weighted by Crippen LogP contribution is 2.37. The summed E-state index contributed by atoms with van der Waals surface area (Å²) < 4.78 is 26.6. The van der Waals surface area contributed by atoms with Gasteiger partial charge in [-0.2, -0.15) is 0 Å². The van der Waals surface area contributed by atoms with Gasteiger partial charge in [0.2, 0.25) is 0 Å². The topological polar surface area (TPSA) is 12.0 Å².